The minimum absolute atomic E-state index is 0.00459. The molecular formula is C19H37N5O2. The van der Waals surface area contributed by atoms with Gasteiger partial charge in [-0.1, -0.05) is 19.3 Å². The summed E-state index contributed by atoms with van der Waals surface area (Å²) in [7, 11) is 5.19. The number of nitrogens with one attached hydrogen (secondary N) is 2. The lowest BCUT2D eigenvalue weighted by Crippen LogP contribution is -2.51. The van der Waals surface area contributed by atoms with E-state index in [-0.39, 0.29) is 12.5 Å². The predicted molar refractivity (Wildman–Crippen MR) is 105 cm³/mol. The Hall–Kier alpha value is -1.34. The molecule has 2 fully saturated rings. The number of aliphatic imine (C=N–C) groups is 1. The topological polar surface area (TPSA) is 69.2 Å². The lowest BCUT2D eigenvalue weighted by molar-refractivity contribution is -0.127. The van der Waals surface area contributed by atoms with Crippen LogP contribution in [0.3, 0.4) is 0 Å². The summed E-state index contributed by atoms with van der Waals surface area (Å²) in [6, 6.07) is 1.22. The summed E-state index contributed by atoms with van der Waals surface area (Å²) in [5.41, 5.74) is 0. The van der Waals surface area contributed by atoms with Gasteiger partial charge in [0.15, 0.2) is 5.96 Å². The van der Waals surface area contributed by atoms with Crippen LogP contribution in [0.15, 0.2) is 4.99 Å². The molecule has 0 bridgehead atoms. The zero-order valence-electron chi connectivity index (χ0n) is 16.8. The van der Waals surface area contributed by atoms with E-state index in [0.29, 0.717) is 25.2 Å². The SMILES string of the molecule is COCCNC(=NCC(=O)N(C)C)NC1CCN(C2CCCCC2)CC1. The van der Waals surface area contributed by atoms with Crippen LogP contribution in [0, 0.1) is 0 Å². The van der Waals surface area contributed by atoms with Gasteiger partial charge in [-0.15, -0.1) is 0 Å². The van der Waals surface area contributed by atoms with Crippen molar-refractivity contribution >= 4 is 11.9 Å². The van der Waals surface area contributed by atoms with Crippen LogP contribution in [-0.4, -0.2) is 87.7 Å². The smallest absolute Gasteiger partial charge is 0.243 e. The van der Waals surface area contributed by atoms with E-state index in [1.807, 2.05) is 0 Å². The Labute approximate surface area is 158 Å². The molecule has 1 saturated carbocycles. The van der Waals surface area contributed by atoms with Gasteiger partial charge in [0.25, 0.3) is 0 Å². The van der Waals surface area contributed by atoms with E-state index in [1.54, 1.807) is 26.1 Å². The first kappa shape index (κ1) is 21.0. The highest BCUT2D eigenvalue weighted by atomic mass is 16.5. The van der Waals surface area contributed by atoms with Crippen molar-refractivity contribution in [3.05, 3.63) is 0 Å². The van der Waals surface area contributed by atoms with Gasteiger partial charge in [-0.05, 0) is 25.7 Å². The van der Waals surface area contributed by atoms with Crippen molar-refractivity contribution in [1.29, 1.82) is 0 Å². The zero-order valence-corrected chi connectivity index (χ0v) is 16.8. The van der Waals surface area contributed by atoms with Gasteiger partial charge in [0.1, 0.15) is 6.54 Å². The molecule has 0 radical (unpaired) electrons. The molecule has 1 saturated heterocycles. The molecule has 2 N–H and O–H groups in total. The second kappa shape index (κ2) is 11.4. The molecule has 2 rings (SSSR count). The molecular weight excluding hydrogens is 330 g/mol. The number of amides is 1. The van der Waals surface area contributed by atoms with Gasteiger partial charge in [-0.2, -0.15) is 0 Å². The van der Waals surface area contributed by atoms with E-state index in [4.69, 9.17) is 4.74 Å². The Morgan fingerprint density at radius 3 is 2.46 bits per heavy atom. The number of ether oxygens (including phenoxy) is 1. The summed E-state index contributed by atoms with van der Waals surface area (Å²) < 4.78 is 5.10. The first-order valence-corrected chi connectivity index (χ1v) is 10.1. The van der Waals surface area contributed by atoms with E-state index in [9.17, 15) is 4.79 Å². The van der Waals surface area contributed by atoms with Crippen LogP contribution in [-0.2, 0) is 9.53 Å². The molecule has 7 heteroatoms. The van der Waals surface area contributed by atoms with Crippen molar-refractivity contribution in [2.75, 3.05) is 54.0 Å². The molecule has 150 valence electrons. The fraction of sp³-hybridized carbons (Fsp3) is 0.895. The quantitative estimate of drug-likeness (QED) is 0.400. The van der Waals surface area contributed by atoms with Crippen LogP contribution in [0.2, 0.25) is 0 Å². The van der Waals surface area contributed by atoms with E-state index in [1.165, 1.54) is 32.1 Å². The van der Waals surface area contributed by atoms with Gasteiger partial charge in [0.05, 0.1) is 6.61 Å². The number of carbonyl (C=O) groups is 1. The number of likely N-dealkylation sites (tertiary alicyclic amines) is 1. The van der Waals surface area contributed by atoms with Crippen LogP contribution in [0.4, 0.5) is 0 Å². The Morgan fingerprint density at radius 1 is 1.15 bits per heavy atom. The maximum absolute atomic E-state index is 11.8. The largest absolute Gasteiger partial charge is 0.383 e. The highest BCUT2D eigenvalue weighted by Gasteiger charge is 2.26. The monoisotopic (exact) mass is 367 g/mol. The molecule has 1 heterocycles. The van der Waals surface area contributed by atoms with Crippen LogP contribution in [0.25, 0.3) is 0 Å². The first-order chi connectivity index (χ1) is 12.6. The van der Waals surface area contributed by atoms with Gasteiger partial charge >= 0.3 is 0 Å². The van der Waals surface area contributed by atoms with Crippen molar-refractivity contribution in [2.24, 2.45) is 4.99 Å². The molecule has 1 aliphatic heterocycles. The number of nitrogens with zero attached hydrogens (tertiary/aromatic N) is 3. The van der Waals surface area contributed by atoms with E-state index in [2.05, 4.69) is 20.5 Å². The first-order valence-electron chi connectivity index (χ1n) is 10.1. The summed E-state index contributed by atoms with van der Waals surface area (Å²) in [5, 5.41) is 6.78. The second-order valence-electron chi connectivity index (χ2n) is 7.62. The minimum atomic E-state index is 0.00459. The predicted octanol–water partition coefficient (Wildman–Crippen LogP) is 1.05. The summed E-state index contributed by atoms with van der Waals surface area (Å²) in [6.45, 7) is 3.77. The lowest BCUT2D eigenvalue weighted by Gasteiger charge is -2.39. The molecule has 1 aliphatic carbocycles. The van der Waals surface area contributed by atoms with E-state index < -0.39 is 0 Å². The van der Waals surface area contributed by atoms with Crippen LogP contribution in [0.1, 0.15) is 44.9 Å². The van der Waals surface area contributed by atoms with Crippen molar-refractivity contribution in [3.8, 4) is 0 Å². The number of hydrogen-bond acceptors (Lipinski definition) is 4. The number of guanidine groups is 1. The Kier molecular flexibility index (Phi) is 9.18. The third-order valence-electron chi connectivity index (χ3n) is 5.43. The van der Waals surface area contributed by atoms with Gasteiger partial charge in [-0.3, -0.25) is 4.79 Å². The summed E-state index contributed by atoms with van der Waals surface area (Å²) in [4.78, 5) is 20.5. The van der Waals surface area contributed by atoms with E-state index >= 15 is 0 Å². The second-order valence-corrected chi connectivity index (χ2v) is 7.62. The number of likely N-dealkylation sites (N-methyl/N-ethyl adjacent to an activating group) is 1. The maximum Gasteiger partial charge on any atom is 0.243 e. The van der Waals surface area contributed by atoms with Crippen molar-refractivity contribution in [1.82, 2.24) is 20.4 Å². The highest BCUT2D eigenvalue weighted by Crippen LogP contribution is 2.25. The Balaban J connectivity index is 1.81. The molecule has 0 atom stereocenters. The molecule has 1 amide bonds. The summed E-state index contributed by atoms with van der Waals surface area (Å²) in [5.74, 6) is 0.721. The molecule has 0 spiro atoms. The highest BCUT2D eigenvalue weighted by molar-refractivity contribution is 5.84. The van der Waals surface area contributed by atoms with Gasteiger partial charge in [-0.25, -0.2) is 4.99 Å². The summed E-state index contributed by atoms with van der Waals surface area (Å²) in [6.07, 6.45) is 9.19. The van der Waals surface area contributed by atoms with Crippen LogP contribution in [0.5, 0.6) is 0 Å². The minimum Gasteiger partial charge on any atom is -0.383 e. The molecule has 0 aromatic carbocycles. The number of methoxy groups -OCH3 is 1. The fourth-order valence-electron chi connectivity index (χ4n) is 3.76. The van der Waals surface area contributed by atoms with E-state index in [0.717, 1.165) is 32.0 Å². The Bertz CT molecular complexity index is 441. The average molecular weight is 368 g/mol. The third-order valence-corrected chi connectivity index (χ3v) is 5.43. The number of piperidine rings is 1. The number of carbonyl (C=O) groups excluding carboxylic acids is 1. The fourth-order valence-corrected chi connectivity index (χ4v) is 3.76. The van der Waals surface area contributed by atoms with Gasteiger partial charge in [0.2, 0.25) is 5.91 Å². The molecule has 0 aromatic heterocycles. The van der Waals surface area contributed by atoms with Crippen molar-refractivity contribution < 1.29 is 9.53 Å². The van der Waals surface area contributed by atoms with Gasteiger partial charge < -0.3 is 25.2 Å². The number of hydrogen-bond donors (Lipinski definition) is 2. The van der Waals surface area contributed by atoms with Crippen LogP contribution >= 0.6 is 0 Å². The maximum atomic E-state index is 11.8. The van der Waals surface area contributed by atoms with Crippen molar-refractivity contribution in [3.63, 3.8) is 0 Å². The average Bonchev–Trinajstić information content (AvgIpc) is 2.67. The molecule has 2 aliphatic rings. The normalized spacial score (nSPS) is 20.8. The number of rotatable bonds is 7. The van der Waals surface area contributed by atoms with Crippen LogP contribution < -0.4 is 10.6 Å². The standard InChI is InChI=1S/C19H37N5O2/c1-23(2)18(25)15-21-19(20-11-14-26-3)22-16-9-12-24(13-10-16)17-7-5-4-6-8-17/h16-17H,4-15H2,1-3H3,(H2,20,21,22). The lowest BCUT2D eigenvalue weighted by atomic mass is 9.92. The molecule has 0 unspecified atom stereocenters. The molecule has 7 nitrogen and oxygen atoms in total. The summed E-state index contributed by atoms with van der Waals surface area (Å²) >= 11 is 0. The van der Waals surface area contributed by atoms with Crippen molar-refractivity contribution in [2.45, 2.75) is 57.0 Å². The van der Waals surface area contributed by atoms with Gasteiger partial charge in [0, 0.05) is 52.9 Å². The third kappa shape index (κ3) is 7.11. The Morgan fingerprint density at radius 2 is 1.85 bits per heavy atom. The molecule has 0 aromatic rings. The zero-order chi connectivity index (χ0) is 18.8. The molecule has 26 heavy (non-hydrogen) atoms.